The van der Waals surface area contributed by atoms with Gasteiger partial charge in [-0.2, -0.15) is 5.10 Å². The minimum atomic E-state index is 0.251. The fourth-order valence-electron chi connectivity index (χ4n) is 2.22. The van der Waals surface area contributed by atoms with Crippen molar-refractivity contribution < 1.29 is 0 Å². The van der Waals surface area contributed by atoms with Gasteiger partial charge in [0.25, 0.3) is 0 Å². The first-order valence-electron chi connectivity index (χ1n) is 6.37. The maximum atomic E-state index is 5.66. The zero-order chi connectivity index (χ0) is 13.3. The second-order valence-electron chi connectivity index (χ2n) is 4.68. The maximum absolute atomic E-state index is 5.66. The molecular weight excluding hydrogens is 226 g/mol. The van der Waals surface area contributed by atoms with Crippen LogP contribution in [0.15, 0.2) is 6.20 Å². The highest BCUT2D eigenvalue weighted by Gasteiger charge is 2.16. The van der Waals surface area contributed by atoms with E-state index in [2.05, 4.69) is 35.8 Å². The number of nitrogens with two attached hydrogens (primary N) is 1. The van der Waals surface area contributed by atoms with E-state index in [4.69, 9.17) is 5.73 Å². The van der Waals surface area contributed by atoms with E-state index in [1.54, 1.807) is 0 Å². The fraction of sp³-hybridized carbons (Fsp3) is 0.538. The normalized spacial score (nSPS) is 12.9. The van der Waals surface area contributed by atoms with Gasteiger partial charge in [-0.1, -0.05) is 6.92 Å². The Morgan fingerprint density at radius 3 is 2.72 bits per heavy atom. The van der Waals surface area contributed by atoms with Crippen LogP contribution in [-0.4, -0.2) is 26.3 Å². The van der Waals surface area contributed by atoms with Crippen LogP contribution in [0.2, 0.25) is 0 Å². The van der Waals surface area contributed by atoms with Crippen molar-refractivity contribution in [2.75, 3.05) is 6.54 Å². The highest BCUT2D eigenvalue weighted by molar-refractivity contribution is 5.64. The standard InChI is InChI=1S/C13H21N5/c1-5-18-10(4)12(9(3)17-18)11-7-15-13(16-11)8(2)6-14/h7-8H,5-6,14H2,1-4H3,(H,15,16). The summed E-state index contributed by atoms with van der Waals surface area (Å²) in [6.07, 6.45) is 1.87. The molecule has 0 aliphatic rings. The van der Waals surface area contributed by atoms with Gasteiger partial charge in [-0.3, -0.25) is 4.68 Å². The lowest BCUT2D eigenvalue weighted by Crippen LogP contribution is -2.10. The number of aromatic amines is 1. The fourth-order valence-corrected chi connectivity index (χ4v) is 2.22. The third-order valence-corrected chi connectivity index (χ3v) is 3.37. The van der Waals surface area contributed by atoms with E-state index >= 15 is 0 Å². The minimum Gasteiger partial charge on any atom is -0.342 e. The number of aryl methyl sites for hydroxylation is 2. The van der Waals surface area contributed by atoms with Crippen molar-refractivity contribution in [1.82, 2.24) is 19.7 Å². The molecule has 98 valence electrons. The Morgan fingerprint density at radius 2 is 2.17 bits per heavy atom. The van der Waals surface area contributed by atoms with Crippen LogP contribution in [0.1, 0.15) is 37.0 Å². The summed E-state index contributed by atoms with van der Waals surface area (Å²) in [5.41, 5.74) is 10.0. The van der Waals surface area contributed by atoms with Gasteiger partial charge in [-0.15, -0.1) is 0 Å². The summed E-state index contributed by atoms with van der Waals surface area (Å²) in [7, 11) is 0. The van der Waals surface area contributed by atoms with Gasteiger partial charge >= 0.3 is 0 Å². The Bertz CT molecular complexity index is 538. The number of imidazole rings is 1. The summed E-state index contributed by atoms with van der Waals surface area (Å²) >= 11 is 0. The van der Waals surface area contributed by atoms with Gasteiger partial charge in [0.2, 0.25) is 0 Å². The van der Waals surface area contributed by atoms with E-state index < -0.39 is 0 Å². The van der Waals surface area contributed by atoms with Crippen molar-refractivity contribution in [3.63, 3.8) is 0 Å². The number of H-pyrrole nitrogens is 1. The van der Waals surface area contributed by atoms with Gasteiger partial charge < -0.3 is 10.7 Å². The Kier molecular flexibility index (Phi) is 3.52. The van der Waals surface area contributed by atoms with Crippen molar-refractivity contribution in [3.8, 4) is 11.3 Å². The van der Waals surface area contributed by atoms with E-state index in [1.165, 1.54) is 5.69 Å². The van der Waals surface area contributed by atoms with Crippen molar-refractivity contribution in [2.45, 2.75) is 40.2 Å². The third kappa shape index (κ3) is 2.06. The lowest BCUT2D eigenvalue weighted by molar-refractivity contribution is 0.634. The largest absolute Gasteiger partial charge is 0.342 e. The van der Waals surface area contributed by atoms with Crippen molar-refractivity contribution in [1.29, 1.82) is 0 Å². The van der Waals surface area contributed by atoms with Gasteiger partial charge in [0.05, 0.1) is 17.6 Å². The van der Waals surface area contributed by atoms with Crippen LogP contribution in [0.5, 0.6) is 0 Å². The number of aromatic nitrogens is 4. The van der Waals surface area contributed by atoms with Gasteiger partial charge in [0.15, 0.2) is 0 Å². The predicted octanol–water partition coefficient (Wildman–Crippen LogP) is 1.97. The van der Waals surface area contributed by atoms with Crippen LogP contribution >= 0.6 is 0 Å². The van der Waals surface area contributed by atoms with E-state index in [9.17, 15) is 0 Å². The molecule has 2 aromatic rings. The average Bonchev–Trinajstić information content (AvgIpc) is 2.93. The minimum absolute atomic E-state index is 0.251. The van der Waals surface area contributed by atoms with E-state index in [0.29, 0.717) is 6.54 Å². The molecule has 2 aromatic heterocycles. The molecule has 0 saturated carbocycles. The number of rotatable bonds is 4. The second-order valence-corrected chi connectivity index (χ2v) is 4.68. The Balaban J connectivity index is 2.43. The molecule has 18 heavy (non-hydrogen) atoms. The summed E-state index contributed by atoms with van der Waals surface area (Å²) < 4.78 is 2.01. The summed E-state index contributed by atoms with van der Waals surface area (Å²) in [4.78, 5) is 7.76. The van der Waals surface area contributed by atoms with Gasteiger partial charge in [0.1, 0.15) is 5.82 Å². The third-order valence-electron chi connectivity index (χ3n) is 3.37. The molecular formula is C13H21N5. The van der Waals surface area contributed by atoms with Crippen LogP contribution in [0.4, 0.5) is 0 Å². The number of nitrogens with one attached hydrogen (secondary N) is 1. The molecule has 0 spiro atoms. The van der Waals surface area contributed by atoms with Crippen LogP contribution in [-0.2, 0) is 6.54 Å². The number of hydrogen-bond acceptors (Lipinski definition) is 3. The van der Waals surface area contributed by atoms with Crippen LogP contribution < -0.4 is 5.73 Å². The first kappa shape index (κ1) is 12.8. The Morgan fingerprint density at radius 1 is 1.44 bits per heavy atom. The Hall–Kier alpha value is -1.62. The molecule has 0 radical (unpaired) electrons. The lowest BCUT2D eigenvalue weighted by atomic mass is 10.1. The van der Waals surface area contributed by atoms with Crippen LogP contribution in [0, 0.1) is 13.8 Å². The molecule has 0 aromatic carbocycles. The smallest absolute Gasteiger partial charge is 0.110 e. The second kappa shape index (κ2) is 4.94. The first-order valence-corrected chi connectivity index (χ1v) is 6.37. The lowest BCUT2D eigenvalue weighted by Gasteiger charge is -2.04. The Labute approximate surface area is 107 Å². The maximum Gasteiger partial charge on any atom is 0.110 e. The first-order chi connectivity index (χ1) is 8.58. The van der Waals surface area contributed by atoms with Crippen molar-refractivity contribution in [2.24, 2.45) is 5.73 Å². The average molecular weight is 247 g/mol. The molecule has 1 unspecified atom stereocenters. The van der Waals surface area contributed by atoms with E-state index in [1.807, 2.05) is 17.8 Å². The van der Waals surface area contributed by atoms with Gasteiger partial charge in [-0.05, 0) is 20.8 Å². The molecule has 3 N–H and O–H groups in total. The molecule has 0 bridgehead atoms. The monoisotopic (exact) mass is 247 g/mol. The van der Waals surface area contributed by atoms with Gasteiger partial charge in [0, 0.05) is 30.3 Å². The van der Waals surface area contributed by atoms with Crippen LogP contribution in [0.3, 0.4) is 0 Å². The van der Waals surface area contributed by atoms with E-state index in [-0.39, 0.29) is 5.92 Å². The summed E-state index contributed by atoms with van der Waals surface area (Å²) in [5.74, 6) is 1.19. The molecule has 5 nitrogen and oxygen atoms in total. The zero-order valence-electron chi connectivity index (χ0n) is 11.5. The highest BCUT2D eigenvalue weighted by Crippen LogP contribution is 2.26. The molecule has 0 aliphatic carbocycles. The molecule has 1 atom stereocenters. The number of hydrogen-bond donors (Lipinski definition) is 2. The molecule has 0 saturated heterocycles. The summed E-state index contributed by atoms with van der Waals surface area (Å²) in [6, 6.07) is 0. The van der Waals surface area contributed by atoms with Crippen molar-refractivity contribution >= 4 is 0 Å². The predicted molar refractivity (Wildman–Crippen MR) is 72.4 cm³/mol. The van der Waals surface area contributed by atoms with Crippen LogP contribution in [0.25, 0.3) is 11.3 Å². The van der Waals surface area contributed by atoms with Crippen molar-refractivity contribution in [3.05, 3.63) is 23.4 Å². The molecule has 0 aliphatic heterocycles. The zero-order valence-corrected chi connectivity index (χ0v) is 11.5. The SMILES string of the molecule is CCn1nc(C)c(-c2cnc(C(C)CN)[nH]2)c1C. The topological polar surface area (TPSA) is 72.5 Å². The molecule has 5 heteroatoms. The highest BCUT2D eigenvalue weighted by atomic mass is 15.3. The molecule has 2 heterocycles. The molecule has 0 amide bonds. The summed E-state index contributed by atoms with van der Waals surface area (Å²) in [6.45, 7) is 9.76. The van der Waals surface area contributed by atoms with Gasteiger partial charge in [-0.25, -0.2) is 4.98 Å². The number of nitrogens with zero attached hydrogens (tertiary/aromatic N) is 3. The van der Waals surface area contributed by atoms with E-state index in [0.717, 1.165) is 29.3 Å². The molecule has 0 fully saturated rings. The summed E-state index contributed by atoms with van der Waals surface area (Å²) in [5, 5.41) is 4.52. The quantitative estimate of drug-likeness (QED) is 0.867. The molecule has 2 rings (SSSR count).